The fourth-order valence-corrected chi connectivity index (χ4v) is 2.68. The average Bonchev–Trinajstić information content (AvgIpc) is 2.54. The van der Waals surface area contributed by atoms with Gasteiger partial charge >= 0.3 is 12.1 Å². The molecule has 1 rings (SSSR count). The molecule has 1 aliphatic rings. The number of carbonyl (C=O) groups is 2. The van der Waals surface area contributed by atoms with Crippen LogP contribution < -0.4 is 0 Å². The maximum absolute atomic E-state index is 12.1. The molecule has 0 aromatic rings. The summed E-state index contributed by atoms with van der Waals surface area (Å²) in [4.78, 5) is 24.8. The molecule has 0 aromatic carbocycles. The number of amides is 1. The minimum atomic E-state index is -0.953. The molecule has 5 nitrogen and oxygen atoms in total. The lowest BCUT2D eigenvalue weighted by Gasteiger charge is -2.27. The molecule has 1 saturated heterocycles. The van der Waals surface area contributed by atoms with Crippen molar-refractivity contribution in [1.29, 1.82) is 0 Å². The lowest BCUT2D eigenvalue weighted by Crippen LogP contribution is -2.43. The summed E-state index contributed by atoms with van der Waals surface area (Å²) in [7, 11) is 0. The van der Waals surface area contributed by atoms with E-state index < -0.39 is 23.7 Å². The molecular weight excluding hydrogens is 246 g/mol. The first-order valence-corrected chi connectivity index (χ1v) is 6.80. The van der Waals surface area contributed by atoms with Crippen molar-refractivity contribution < 1.29 is 19.4 Å². The number of carbonyl (C=O) groups excluding carboxylic acids is 1. The maximum atomic E-state index is 12.1. The van der Waals surface area contributed by atoms with Gasteiger partial charge in [-0.05, 0) is 39.0 Å². The molecule has 0 aromatic heterocycles. The van der Waals surface area contributed by atoms with Crippen molar-refractivity contribution in [2.45, 2.75) is 65.5 Å². The highest BCUT2D eigenvalue weighted by atomic mass is 16.6. The van der Waals surface area contributed by atoms with E-state index in [0.717, 1.165) is 12.8 Å². The van der Waals surface area contributed by atoms with Gasteiger partial charge in [-0.1, -0.05) is 20.3 Å². The van der Waals surface area contributed by atoms with E-state index in [0.29, 0.717) is 13.0 Å². The second-order valence-electron chi connectivity index (χ2n) is 6.73. The third-order valence-corrected chi connectivity index (χ3v) is 3.38. The minimum Gasteiger partial charge on any atom is -0.480 e. The van der Waals surface area contributed by atoms with Gasteiger partial charge in [0.1, 0.15) is 11.6 Å². The smallest absolute Gasteiger partial charge is 0.411 e. The van der Waals surface area contributed by atoms with Gasteiger partial charge in [-0.3, -0.25) is 4.90 Å². The van der Waals surface area contributed by atoms with Crippen LogP contribution in [0.25, 0.3) is 0 Å². The molecule has 1 fully saturated rings. The van der Waals surface area contributed by atoms with Crippen LogP contribution in [0, 0.1) is 5.41 Å². The zero-order valence-corrected chi connectivity index (χ0v) is 12.5. The second kappa shape index (κ2) is 5.39. The zero-order chi connectivity index (χ0) is 14.8. The Kier molecular flexibility index (Phi) is 4.48. The van der Waals surface area contributed by atoms with Crippen LogP contribution >= 0.6 is 0 Å². The van der Waals surface area contributed by atoms with Crippen molar-refractivity contribution >= 4 is 12.1 Å². The fourth-order valence-electron chi connectivity index (χ4n) is 2.68. The van der Waals surface area contributed by atoms with Crippen LogP contribution in [-0.4, -0.2) is 40.3 Å². The van der Waals surface area contributed by atoms with Crippen LogP contribution in [0.1, 0.15) is 53.9 Å². The van der Waals surface area contributed by atoms with Crippen molar-refractivity contribution in [3.8, 4) is 0 Å². The Morgan fingerprint density at radius 2 is 2.00 bits per heavy atom. The van der Waals surface area contributed by atoms with Gasteiger partial charge in [-0.15, -0.1) is 0 Å². The van der Waals surface area contributed by atoms with E-state index in [4.69, 9.17) is 4.74 Å². The molecule has 0 spiro atoms. The van der Waals surface area contributed by atoms with Gasteiger partial charge in [-0.2, -0.15) is 0 Å². The monoisotopic (exact) mass is 271 g/mol. The second-order valence-corrected chi connectivity index (χ2v) is 6.73. The summed E-state index contributed by atoms with van der Waals surface area (Å²) >= 11 is 0. The Morgan fingerprint density at radius 3 is 2.42 bits per heavy atom. The fraction of sp³-hybridized carbons (Fsp3) is 0.857. The number of hydrogen-bond acceptors (Lipinski definition) is 3. The molecule has 0 aliphatic carbocycles. The third-order valence-electron chi connectivity index (χ3n) is 3.38. The first kappa shape index (κ1) is 15.8. The first-order chi connectivity index (χ1) is 8.58. The van der Waals surface area contributed by atoms with Crippen LogP contribution in [0.5, 0.6) is 0 Å². The molecule has 0 bridgehead atoms. The molecule has 19 heavy (non-hydrogen) atoms. The first-order valence-electron chi connectivity index (χ1n) is 6.80. The summed E-state index contributed by atoms with van der Waals surface area (Å²) < 4.78 is 5.30. The third kappa shape index (κ3) is 4.11. The van der Waals surface area contributed by atoms with E-state index in [1.165, 1.54) is 4.90 Å². The van der Waals surface area contributed by atoms with Crippen molar-refractivity contribution in [3.05, 3.63) is 0 Å². The standard InChI is InChI=1S/C14H25NO4/c1-6-7-14(5)8-10(11(16)17)15(9-14)12(18)19-13(2,3)4/h10H,6-9H2,1-5H3,(H,16,17). The van der Waals surface area contributed by atoms with Crippen LogP contribution in [0.3, 0.4) is 0 Å². The molecule has 5 heteroatoms. The van der Waals surface area contributed by atoms with Gasteiger partial charge in [0.25, 0.3) is 0 Å². The molecule has 0 saturated carbocycles. The van der Waals surface area contributed by atoms with Crippen LogP contribution in [0.15, 0.2) is 0 Å². The summed E-state index contributed by atoms with van der Waals surface area (Å²) in [6.07, 6.45) is 1.86. The molecule has 1 N–H and O–H groups in total. The molecule has 0 radical (unpaired) electrons. The van der Waals surface area contributed by atoms with Gasteiger partial charge in [0.2, 0.25) is 0 Å². The van der Waals surface area contributed by atoms with Gasteiger partial charge in [0, 0.05) is 6.54 Å². The molecule has 2 unspecified atom stereocenters. The van der Waals surface area contributed by atoms with Crippen molar-refractivity contribution in [2.24, 2.45) is 5.41 Å². The lowest BCUT2D eigenvalue weighted by atomic mass is 9.83. The predicted molar refractivity (Wildman–Crippen MR) is 72.0 cm³/mol. The van der Waals surface area contributed by atoms with Gasteiger partial charge in [-0.25, -0.2) is 9.59 Å². The number of hydrogen-bond donors (Lipinski definition) is 1. The summed E-state index contributed by atoms with van der Waals surface area (Å²) in [5, 5.41) is 9.28. The Hall–Kier alpha value is -1.26. The maximum Gasteiger partial charge on any atom is 0.411 e. The number of carboxylic acids is 1. The van der Waals surface area contributed by atoms with Crippen molar-refractivity contribution in [1.82, 2.24) is 4.90 Å². The SMILES string of the molecule is CCCC1(C)CC(C(=O)O)N(C(=O)OC(C)(C)C)C1. The topological polar surface area (TPSA) is 66.8 Å². The predicted octanol–water partition coefficient (Wildman–Crippen LogP) is 2.89. The van der Waals surface area contributed by atoms with E-state index in [1.54, 1.807) is 20.8 Å². The van der Waals surface area contributed by atoms with E-state index in [1.807, 2.05) is 6.92 Å². The highest BCUT2D eigenvalue weighted by molar-refractivity contribution is 5.81. The quantitative estimate of drug-likeness (QED) is 0.857. The van der Waals surface area contributed by atoms with E-state index in [2.05, 4.69) is 6.92 Å². The number of carboxylic acid groups (broad SMARTS) is 1. The highest BCUT2D eigenvalue weighted by Gasteiger charge is 2.46. The molecule has 1 heterocycles. The average molecular weight is 271 g/mol. The van der Waals surface area contributed by atoms with E-state index >= 15 is 0 Å². The largest absolute Gasteiger partial charge is 0.480 e. The molecule has 1 aliphatic heterocycles. The number of ether oxygens (including phenoxy) is 1. The summed E-state index contributed by atoms with van der Waals surface area (Å²) in [6, 6.07) is -0.772. The van der Waals surface area contributed by atoms with E-state index in [-0.39, 0.29) is 5.41 Å². The Bertz CT molecular complexity index is 361. The van der Waals surface area contributed by atoms with Crippen molar-refractivity contribution in [3.63, 3.8) is 0 Å². The molecule has 1 amide bonds. The molecule has 2 atom stereocenters. The van der Waals surface area contributed by atoms with Gasteiger partial charge in [0.15, 0.2) is 0 Å². The lowest BCUT2D eigenvalue weighted by molar-refractivity contribution is -0.142. The van der Waals surface area contributed by atoms with Crippen LogP contribution in [-0.2, 0) is 9.53 Å². The number of rotatable bonds is 3. The number of aliphatic carboxylic acids is 1. The Labute approximate surface area is 114 Å². The van der Waals surface area contributed by atoms with Crippen LogP contribution in [0.4, 0.5) is 4.79 Å². The highest BCUT2D eigenvalue weighted by Crippen LogP contribution is 2.39. The van der Waals surface area contributed by atoms with E-state index in [9.17, 15) is 14.7 Å². The summed E-state index contributed by atoms with van der Waals surface area (Å²) in [5.74, 6) is -0.953. The molecular formula is C14H25NO4. The van der Waals surface area contributed by atoms with Gasteiger partial charge in [0.05, 0.1) is 0 Å². The van der Waals surface area contributed by atoms with Crippen molar-refractivity contribution in [2.75, 3.05) is 6.54 Å². The normalized spacial score (nSPS) is 27.4. The Balaban J connectivity index is 2.85. The summed E-state index contributed by atoms with van der Waals surface area (Å²) in [5.41, 5.74) is -0.738. The zero-order valence-electron chi connectivity index (χ0n) is 12.5. The Morgan fingerprint density at radius 1 is 1.42 bits per heavy atom. The number of nitrogens with zero attached hydrogens (tertiary/aromatic N) is 1. The summed E-state index contributed by atoms with van der Waals surface area (Å²) in [6.45, 7) is 9.90. The molecule has 110 valence electrons. The minimum absolute atomic E-state index is 0.130. The number of likely N-dealkylation sites (tertiary alicyclic amines) is 1. The van der Waals surface area contributed by atoms with Crippen LogP contribution in [0.2, 0.25) is 0 Å². The van der Waals surface area contributed by atoms with Gasteiger partial charge < -0.3 is 9.84 Å².